The molecule has 72 valence electrons. The normalized spacial score (nSPS) is 21.5. The molecule has 0 aromatic carbocycles. The molecule has 0 atom stereocenters. The smallest absolute Gasteiger partial charge is 0.0130 e. The van der Waals surface area contributed by atoms with Crippen LogP contribution in [0.5, 0.6) is 0 Å². The van der Waals surface area contributed by atoms with Crippen LogP contribution >= 0.6 is 12.6 Å². The summed E-state index contributed by atoms with van der Waals surface area (Å²) in [6.07, 6.45) is 12.5. The van der Waals surface area contributed by atoms with Gasteiger partial charge in [-0.25, -0.2) is 0 Å². The van der Waals surface area contributed by atoms with Crippen LogP contribution in [0.4, 0.5) is 0 Å². The third-order valence-electron chi connectivity index (χ3n) is 3.03. The summed E-state index contributed by atoms with van der Waals surface area (Å²) in [5, 5.41) is 0. The summed E-state index contributed by atoms with van der Waals surface area (Å²) in [7, 11) is 0. The Kier molecular flexibility index (Phi) is 4.49. The maximum Gasteiger partial charge on any atom is 0.0130 e. The van der Waals surface area contributed by atoms with Gasteiger partial charge in [0.1, 0.15) is 0 Å². The molecule has 0 heterocycles. The lowest BCUT2D eigenvalue weighted by Gasteiger charge is -2.21. The van der Waals surface area contributed by atoms with Crippen LogP contribution in [0.2, 0.25) is 0 Å². The molecular formula is C11H22S. The highest BCUT2D eigenvalue weighted by atomic mass is 32.1. The second-order valence-corrected chi connectivity index (χ2v) is 5.19. The molecule has 1 aliphatic carbocycles. The molecule has 0 aromatic heterocycles. The molecule has 12 heavy (non-hydrogen) atoms. The first kappa shape index (κ1) is 10.4. The van der Waals surface area contributed by atoms with Gasteiger partial charge in [-0.1, -0.05) is 45.4 Å². The van der Waals surface area contributed by atoms with Gasteiger partial charge in [-0.3, -0.25) is 0 Å². The Morgan fingerprint density at radius 3 is 2.33 bits per heavy atom. The van der Waals surface area contributed by atoms with Gasteiger partial charge in [0.05, 0.1) is 0 Å². The average molecular weight is 186 g/mol. The zero-order chi connectivity index (χ0) is 8.86. The number of thiol groups is 1. The highest BCUT2D eigenvalue weighted by Crippen LogP contribution is 2.39. The van der Waals surface area contributed by atoms with Crippen LogP contribution in [0.3, 0.4) is 0 Å². The predicted octanol–water partition coefficient (Wildman–Crippen LogP) is 4.20. The first-order valence-electron chi connectivity index (χ1n) is 5.49. The molecular weight excluding hydrogens is 164 g/mol. The summed E-state index contributed by atoms with van der Waals surface area (Å²) < 4.78 is 0.438. The predicted molar refractivity (Wildman–Crippen MR) is 58.9 cm³/mol. The Balaban J connectivity index is 2.05. The zero-order valence-electron chi connectivity index (χ0n) is 8.31. The minimum Gasteiger partial charge on any atom is -0.173 e. The van der Waals surface area contributed by atoms with Crippen LogP contribution in [0.1, 0.15) is 64.7 Å². The van der Waals surface area contributed by atoms with Crippen molar-refractivity contribution in [3.8, 4) is 0 Å². The molecule has 0 saturated heterocycles. The van der Waals surface area contributed by atoms with Gasteiger partial charge >= 0.3 is 0 Å². The van der Waals surface area contributed by atoms with Crippen LogP contribution in [0, 0.1) is 0 Å². The van der Waals surface area contributed by atoms with E-state index in [-0.39, 0.29) is 0 Å². The number of hydrogen-bond donors (Lipinski definition) is 1. The quantitative estimate of drug-likeness (QED) is 0.483. The monoisotopic (exact) mass is 186 g/mol. The third kappa shape index (κ3) is 3.38. The summed E-state index contributed by atoms with van der Waals surface area (Å²) in [6.45, 7) is 2.27. The summed E-state index contributed by atoms with van der Waals surface area (Å²) in [6, 6.07) is 0. The lowest BCUT2D eigenvalue weighted by atomic mass is 9.98. The van der Waals surface area contributed by atoms with Crippen molar-refractivity contribution in [2.24, 2.45) is 0 Å². The molecule has 1 aliphatic rings. The first-order valence-corrected chi connectivity index (χ1v) is 5.94. The number of hydrogen-bond acceptors (Lipinski definition) is 1. The molecule has 1 rings (SSSR count). The van der Waals surface area contributed by atoms with Crippen molar-refractivity contribution in [1.29, 1.82) is 0 Å². The van der Waals surface area contributed by atoms with Crippen molar-refractivity contribution >= 4 is 12.6 Å². The molecule has 1 heteroatoms. The van der Waals surface area contributed by atoms with Crippen molar-refractivity contribution < 1.29 is 0 Å². The van der Waals surface area contributed by atoms with E-state index in [1.165, 1.54) is 57.8 Å². The van der Waals surface area contributed by atoms with Crippen molar-refractivity contribution in [3.63, 3.8) is 0 Å². The fourth-order valence-electron chi connectivity index (χ4n) is 2.16. The molecule has 0 N–H and O–H groups in total. The Hall–Kier alpha value is 0.350. The van der Waals surface area contributed by atoms with Crippen LogP contribution in [-0.4, -0.2) is 4.75 Å². The maximum atomic E-state index is 4.78. The minimum atomic E-state index is 0.438. The van der Waals surface area contributed by atoms with Crippen LogP contribution < -0.4 is 0 Å². The van der Waals surface area contributed by atoms with E-state index < -0.39 is 0 Å². The fourth-order valence-corrected chi connectivity index (χ4v) is 2.64. The molecule has 0 aliphatic heterocycles. The Morgan fingerprint density at radius 1 is 1.08 bits per heavy atom. The van der Waals surface area contributed by atoms with Crippen molar-refractivity contribution in [3.05, 3.63) is 0 Å². The van der Waals surface area contributed by atoms with Gasteiger partial charge in [-0.2, -0.15) is 12.6 Å². The lowest BCUT2D eigenvalue weighted by Crippen LogP contribution is -2.15. The molecule has 0 amide bonds. The van der Waals surface area contributed by atoms with E-state index in [1.807, 2.05) is 0 Å². The van der Waals surface area contributed by atoms with Crippen LogP contribution in [0.25, 0.3) is 0 Å². The van der Waals surface area contributed by atoms with E-state index in [4.69, 9.17) is 12.6 Å². The SMILES string of the molecule is CCCCCCC1(S)CCCC1. The van der Waals surface area contributed by atoms with Gasteiger partial charge < -0.3 is 0 Å². The maximum absolute atomic E-state index is 4.78. The summed E-state index contributed by atoms with van der Waals surface area (Å²) >= 11 is 4.78. The third-order valence-corrected chi connectivity index (χ3v) is 3.70. The van der Waals surface area contributed by atoms with E-state index in [0.717, 1.165) is 0 Å². The molecule has 0 unspecified atom stereocenters. The minimum absolute atomic E-state index is 0.438. The Bertz CT molecular complexity index is 114. The van der Waals surface area contributed by atoms with Crippen molar-refractivity contribution in [2.75, 3.05) is 0 Å². The average Bonchev–Trinajstić information content (AvgIpc) is 2.47. The molecule has 0 nitrogen and oxygen atoms in total. The summed E-state index contributed by atoms with van der Waals surface area (Å²) in [4.78, 5) is 0. The van der Waals surface area contributed by atoms with Crippen molar-refractivity contribution in [2.45, 2.75) is 69.5 Å². The highest BCUT2D eigenvalue weighted by molar-refractivity contribution is 7.81. The van der Waals surface area contributed by atoms with E-state index in [2.05, 4.69) is 6.92 Å². The molecule has 0 radical (unpaired) electrons. The van der Waals surface area contributed by atoms with Gasteiger partial charge in [0.25, 0.3) is 0 Å². The van der Waals surface area contributed by atoms with Crippen molar-refractivity contribution in [1.82, 2.24) is 0 Å². The lowest BCUT2D eigenvalue weighted by molar-refractivity contribution is 0.512. The van der Waals surface area contributed by atoms with E-state index in [9.17, 15) is 0 Å². The van der Waals surface area contributed by atoms with E-state index in [1.54, 1.807) is 0 Å². The fraction of sp³-hybridized carbons (Fsp3) is 1.00. The standard InChI is InChI=1S/C11H22S/c1-2-3-4-5-8-11(12)9-6-7-10-11/h12H,2-10H2,1H3. The molecule has 0 aromatic rings. The first-order chi connectivity index (χ1) is 5.77. The van der Waals surface area contributed by atoms with Gasteiger partial charge in [0.15, 0.2) is 0 Å². The van der Waals surface area contributed by atoms with Crippen LogP contribution in [0.15, 0.2) is 0 Å². The molecule has 0 bridgehead atoms. The molecule has 1 saturated carbocycles. The Morgan fingerprint density at radius 2 is 1.75 bits per heavy atom. The highest BCUT2D eigenvalue weighted by Gasteiger charge is 2.28. The van der Waals surface area contributed by atoms with E-state index >= 15 is 0 Å². The van der Waals surface area contributed by atoms with Gasteiger partial charge in [-0.15, -0.1) is 0 Å². The number of unbranched alkanes of at least 4 members (excludes halogenated alkanes) is 3. The van der Waals surface area contributed by atoms with Crippen LogP contribution in [-0.2, 0) is 0 Å². The zero-order valence-corrected chi connectivity index (χ0v) is 9.21. The second-order valence-electron chi connectivity index (χ2n) is 4.24. The number of rotatable bonds is 5. The largest absolute Gasteiger partial charge is 0.173 e. The topological polar surface area (TPSA) is 0 Å². The summed E-state index contributed by atoms with van der Waals surface area (Å²) in [5.41, 5.74) is 0. The molecule has 1 fully saturated rings. The van der Waals surface area contributed by atoms with Gasteiger partial charge in [0, 0.05) is 4.75 Å². The summed E-state index contributed by atoms with van der Waals surface area (Å²) in [5.74, 6) is 0. The Labute approximate surface area is 82.5 Å². The van der Waals surface area contributed by atoms with Gasteiger partial charge in [0.2, 0.25) is 0 Å². The second kappa shape index (κ2) is 5.16. The van der Waals surface area contributed by atoms with E-state index in [0.29, 0.717) is 4.75 Å². The molecule has 0 spiro atoms. The van der Waals surface area contributed by atoms with Gasteiger partial charge in [-0.05, 0) is 19.3 Å².